The van der Waals surface area contributed by atoms with Crippen LogP contribution in [0.4, 0.5) is 13.2 Å². The van der Waals surface area contributed by atoms with Crippen molar-refractivity contribution in [3.63, 3.8) is 0 Å². The first-order chi connectivity index (χ1) is 12.2. The van der Waals surface area contributed by atoms with Crippen molar-refractivity contribution in [1.29, 1.82) is 5.26 Å². The summed E-state index contributed by atoms with van der Waals surface area (Å²) in [7, 11) is 0. The molecule has 2 N–H and O–H groups in total. The molecule has 1 saturated heterocycles. The number of rotatable bonds is 4. The lowest BCUT2D eigenvalue weighted by Crippen LogP contribution is -2.63. The maximum Gasteiger partial charge on any atom is 0.393 e. The van der Waals surface area contributed by atoms with Gasteiger partial charge in [-0.1, -0.05) is 31.2 Å². The smallest absolute Gasteiger partial charge is 0.380 e. The molecule has 7 heteroatoms. The molecule has 0 bridgehead atoms. The molecule has 2 aromatic rings. The molecule has 1 unspecified atom stereocenters. The van der Waals surface area contributed by atoms with Crippen LogP contribution in [0, 0.1) is 16.7 Å². The minimum atomic E-state index is -4.28. The summed E-state index contributed by atoms with van der Waals surface area (Å²) in [5.74, 6) is 0. The van der Waals surface area contributed by atoms with E-state index in [0.29, 0.717) is 29.8 Å². The van der Waals surface area contributed by atoms with Crippen LogP contribution in [-0.4, -0.2) is 29.4 Å². The minimum Gasteiger partial charge on any atom is -0.380 e. The van der Waals surface area contributed by atoms with Gasteiger partial charge in [-0.25, -0.2) is 0 Å². The molecule has 0 spiro atoms. The molecule has 1 aromatic carbocycles. The number of nitriles is 1. The van der Waals surface area contributed by atoms with E-state index in [-0.39, 0.29) is 5.56 Å². The lowest BCUT2D eigenvalue weighted by molar-refractivity contribution is -0.127. The number of halogens is 3. The highest BCUT2D eigenvalue weighted by Crippen LogP contribution is 2.47. The summed E-state index contributed by atoms with van der Waals surface area (Å²) in [6.45, 7) is 2.96. The van der Waals surface area contributed by atoms with Crippen LogP contribution in [0.2, 0.25) is 0 Å². The Balaban J connectivity index is 2.06. The summed E-state index contributed by atoms with van der Waals surface area (Å²) in [4.78, 5) is 4.03. The van der Waals surface area contributed by atoms with E-state index in [2.05, 4.69) is 10.3 Å². The van der Waals surface area contributed by atoms with E-state index in [0.717, 1.165) is 0 Å². The molecule has 0 aliphatic carbocycles. The number of alkyl halides is 3. The van der Waals surface area contributed by atoms with Gasteiger partial charge >= 0.3 is 6.18 Å². The zero-order valence-corrected chi connectivity index (χ0v) is 14.1. The first-order valence-electron chi connectivity index (χ1n) is 8.13. The monoisotopic (exact) mass is 361 g/mol. The number of benzene rings is 1. The van der Waals surface area contributed by atoms with Crippen molar-refractivity contribution in [2.24, 2.45) is 5.41 Å². The molecule has 0 radical (unpaired) electrons. The summed E-state index contributed by atoms with van der Waals surface area (Å²) in [6, 6.07) is 9.36. The molecular formula is C19H18F3N3O. The van der Waals surface area contributed by atoms with Gasteiger partial charge < -0.3 is 10.4 Å². The molecule has 1 aromatic heterocycles. The molecule has 26 heavy (non-hydrogen) atoms. The Morgan fingerprint density at radius 1 is 1.19 bits per heavy atom. The highest BCUT2D eigenvalue weighted by molar-refractivity contribution is 5.43. The normalized spacial score (nSPS) is 18.5. The molecule has 136 valence electrons. The largest absolute Gasteiger partial charge is 0.393 e. The molecule has 2 heterocycles. The lowest BCUT2D eigenvalue weighted by Gasteiger charge is -2.52. The summed E-state index contributed by atoms with van der Waals surface area (Å²) in [5, 5.41) is 23.9. The highest BCUT2D eigenvalue weighted by atomic mass is 19.4. The first-order valence-corrected chi connectivity index (χ1v) is 8.13. The van der Waals surface area contributed by atoms with Crippen LogP contribution in [-0.2, 0) is 12.0 Å². The Kier molecular flexibility index (Phi) is 4.51. The average molecular weight is 361 g/mol. The van der Waals surface area contributed by atoms with E-state index >= 15 is 0 Å². The second-order valence-corrected chi connectivity index (χ2v) is 6.94. The molecule has 0 saturated carbocycles. The molecule has 1 atom stereocenters. The van der Waals surface area contributed by atoms with Crippen molar-refractivity contribution in [3.05, 3.63) is 65.0 Å². The van der Waals surface area contributed by atoms with Gasteiger partial charge in [-0.2, -0.15) is 18.4 Å². The lowest BCUT2D eigenvalue weighted by atomic mass is 9.63. The highest BCUT2D eigenvalue weighted by Gasteiger charge is 2.53. The van der Waals surface area contributed by atoms with E-state index < -0.39 is 23.6 Å². The fraction of sp³-hybridized carbons (Fsp3) is 0.368. The van der Waals surface area contributed by atoms with Gasteiger partial charge in [-0.05, 0) is 17.2 Å². The molecular weight excluding hydrogens is 343 g/mol. The maximum atomic E-state index is 12.6. The number of nitrogens with zero attached hydrogens (tertiary/aromatic N) is 2. The van der Waals surface area contributed by atoms with E-state index in [4.69, 9.17) is 5.26 Å². The van der Waals surface area contributed by atoms with E-state index in [9.17, 15) is 18.3 Å². The Morgan fingerprint density at radius 2 is 1.85 bits per heavy atom. The number of aliphatic hydroxyl groups is 1. The van der Waals surface area contributed by atoms with Crippen molar-refractivity contribution in [2.45, 2.75) is 25.1 Å². The topological polar surface area (TPSA) is 68.9 Å². The van der Waals surface area contributed by atoms with Crippen LogP contribution in [0.25, 0.3) is 0 Å². The van der Waals surface area contributed by atoms with Crippen molar-refractivity contribution >= 4 is 0 Å². The van der Waals surface area contributed by atoms with Gasteiger partial charge in [0.25, 0.3) is 0 Å². The van der Waals surface area contributed by atoms with Crippen molar-refractivity contribution in [3.8, 4) is 6.07 Å². The van der Waals surface area contributed by atoms with Crippen LogP contribution < -0.4 is 5.32 Å². The quantitative estimate of drug-likeness (QED) is 0.879. The van der Waals surface area contributed by atoms with Gasteiger partial charge in [0.15, 0.2) is 0 Å². The second-order valence-electron chi connectivity index (χ2n) is 6.94. The Hall–Kier alpha value is -2.43. The Morgan fingerprint density at radius 3 is 2.35 bits per heavy atom. The molecule has 0 amide bonds. The van der Waals surface area contributed by atoms with Crippen LogP contribution in [0.5, 0.6) is 0 Å². The average Bonchev–Trinajstić information content (AvgIpc) is 2.58. The first kappa shape index (κ1) is 18.4. The fourth-order valence-corrected chi connectivity index (χ4v) is 3.41. The Bertz CT molecular complexity index is 838. The second kappa shape index (κ2) is 6.38. The van der Waals surface area contributed by atoms with Gasteiger partial charge in [0, 0.05) is 36.5 Å². The van der Waals surface area contributed by atoms with E-state index in [1.54, 1.807) is 6.07 Å². The molecule has 1 fully saturated rings. The van der Waals surface area contributed by atoms with Gasteiger partial charge in [0.1, 0.15) is 11.7 Å². The third-order valence-corrected chi connectivity index (χ3v) is 4.97. The van der Waals surface area contributed by atoms with E-state index in [1.807, 2.05) is 13.0 Å². The molecule has 1 aliphatic heterocycles. The predicted molar refractivity (Wildman–Crippen MR) is 89.1 cm³/mol. The molecule has 3 rings (SSSR count). The molecule has 1 aliphatic rings. The molecule has 4 nitrogen and oxygen atoms in total. The van der Waals surface area contributed by atoms with Crippen LogP contribution in [0.1, 0.15) is 29.2 Å². The number of nitrogens with one attached hydrogen (secondary N) is 1. The Labute approximate surface area is 149 Å². The summed E-state index contributed by atoms with van der Waals surface area (Å²) >= 11 is 0. The SMILES string of the molecule is CC1(C(O)(c2ccc(CC(F)(F)F)cc2)c2cncc(C#N)c2)CNC1. The fourth-order valence-electron chi connectivity index (χ4n) is 3.41. The minimum absolute atomic E-state index is 0.129. The van der Waals surface area contributed by atoms with Crippen LogP contribution in [0.3, 0.4) is 0 Å². The van der Waals surface area contributed by atoms with Gasteiger partial charge in [-0.15, -0.1) is 0 Å². The predicted octanol–water partition coefficient (Wildman–Crippen LogP) is 2.90. The van der Waals surface area contributed by atoms with Crippen LogP contribution in [0.15, 0.2) is 42.7 Å². The van der Waals surface area contributed by atoms with Gasteiger partial charge in [0.2, 0.25) is 0 Å². The van der Waals surface area contributed by atoms with E-state index in [1.165, 1.54) is 36.7 Å². The summed E-state index contributed by atoms with van der Waals surface area (Å²) in [6.07, 6.45) is -2.41. The zero-order valence-electron chi connectivity index (χ0n) is 14.1. The number of aromatic nitrogens is 1. The third-order valence-electron chi connectivity index (χ3n) is 4.97. The standard InChI is InChI=1S/C19H18F3N3O/c1-17(11-25-12-17)19(26,16-6-14(8-23)9-24-10-16)15-4-2-13(3-5-15)7-18(20,21)22/h2-6,9-10,25-26H,7,11-12H2,1H3. The van der Waals surface area contributed by atoms with Crippen molar-refractivity contribution in [1.82, 2.24) is 10.3 Å². The third kappa shape index (κ3) is 3.18. The summed E-state index contributed by atoms with van der Waals surface area (Å²) in [5.41, 5.74) is -0.688. The zero-order chi connectivity index (χ0) is 19.0. The number of hydrogen-bond donors (Lipinski definition) is 2. The maximum absolute atomic E-state index is 12.6. The van der Waals surface area contributed by atoms with Crippen molar-refractivity contribution in [2.75, 3.05) is 13.1 Å². The van der Waals surface area contributed by atoms with Gasteiger partial charge in [-0.3, -0.25) is 4.98 Å². The number of pyridine rings is 1. The van der Waals surface area contributed by atoms with Crippen molar-refractivity contribution < 1.29 is 18.3 Å². The van der Waals surface area contributed by atoms with Crippen LogP contribution >= 0.6 is 0 Å². The van der Waals surface area contributed by atoms with Gasteiger partial charge in [0.05, 0.1) is 12.0 Å². The summed E-state index contributed by atoms with van der Waals surface area (Å²) < 4.78 is 37.7. The number of hydrogen-bond acceptors (Lipinski definition) is 4.